The summed E-state index contributed by atoms with van der Waals surface area (Å²) in [7, 11) is 1.49. The molecule has 154 valence electrons. The van der Waals surface area contributed by atoms with Crippen molar-refractivity contribution in [3.05, 3.63) is 35.9 Å². The molecule has 0 spiro atoms. The lowest BCUT2D eigenvalue weighted by Gasteiger charge is -2.43. The molecule has 8 heteroatoms. The number of ether oxygens (including phenoxy) is 2. The summed E-state index contributed by atoms with van der Waals surface area (Å²) in [6, 6.07) is 8.14. The Kier molecular flexibility index (Phi) is 6.88. The van der Waals surface area contributed by atoms with Crippen LogP contribution in [-0.2, 0) is 20.9 Å². The summed E-state index contributed by atoms with van der Waals surface area (Å²) in [6.07, 6.45) is -1.10. The van der Waals surface area contributed by atoms with Gasteiger partial charge in [0.2, 0.25) is 5.91 Å². The molecule has 0 aliphatic carbocycles. The van der Waals surface area contributed by atoms with E-state index >= 15 is 0 Å². The van der Waals surface area contributed by atoms with Crippen LogP contribution in [0.1, 0.15) is 33.3 Å². The minimum Gasteiger partial charge on any atom is -0.445 e. The van der Waals surface area contributed by atoms with E-state index in [0.29, 0.717) is 0 Å². The van der Waals surface area contributed by atoms with Crippen molar-refractivity contribution in [2.45, 2.75) is 52.0 Å². The van der Waals surface area contributed by atoms with E-state index < -0.39 is 23.8 Å². The minimum atomic E-state index is -0.850. The lowest BCUT2D eigenvalue weighted by Crippen LogP contribution is -2.64. The Labute approximate surface area is 165 Å². The molecule has 0 bridgehead atoms. The molecule has 3 amide bonds. The highest BCUT2D eigenvalue weighted by atomic mass is 16.6. The van der Waals surface area contributed by atoms with Crippen molar-refractivity contribution in [2.24, 2.45) is 0 Å². The largest absolute Gasteiger partial charge is 0.445 e. The Hall–Kier alpha value is -2.77. The van der Waals surface area contributed by atoms with Crippen LogP contribution in [0.3, 0.4) is 0 Å². The quantitative estimate of drug-likeness (QED) is 0.855. The maximum Gasteiger partial charge on any atom is 0.410 e. The molecule has 0 unspecified atom stereocenters. The van der Waals surface area contributed by atoms with Crippen LogP contribution in [0.15, 0.2) is 30.3 Å². The predicted octanol–water partition coefficient (Wildman–Crippen LogP) is 2.38. The smallest absolute Gasteiger partial charge is 0.410 e. The zero-order valence-electron chi connectivity index (χ0n) is 17.1. The van der Waals surface area contributed by atoms with Gasteiger partial charge >= 0.3 is 12.2 Å². The summed E-state index contributed by atoms with van der Waals surface area (Å²) >= 11 is 0. The van der Waals surface area contributed by atoms with Gasteiger partial charge in [-0.05, 0) is 33.3 Å². The summed E-state index contributed by atoms with van der Waals surface area (Å²) in [5.41, 5.74) is 0.207. The van der Waals surface area contributed by atoms with Crippen molar-refractivity contribution >= 4 is 18.1 Å². The standard InChI is InChI=1S/C20H29N3O5/c1-14-11-23(18(25)27-13-15-9-7-6-8-10-15)16(17(24)21-5)12-22(14)19(26)28-20(2,3)4/h6-10,14,16H,11-13H2,1-5H3,(H,21,24)/t14-,16-/m1/s1. The van der Waals surface area contributed by atoms with Crippen molar-refractivity contribution in [3.63, 3.8) is 0 Å². The van der Waals surface area contributed by atoms with Crippen molar-refractivity contribution in [3.8, 4) is 0 Å². The number of amides is 3. The van der Waals surface area contributed by atoms with Gasteiger partial charge in [-0.1, -0.05) is 30.3 Å². The fourth-order valence-corrected chi connectivity index (χ4v) is 2.95. The number of carbonyl (C=O) groups is 3. The van der Waals surface area contributed by atoms with Crippen LogP contribution in [0, 0.1) is 0 Å². The van der Waals surface area contributed by atoms with Crippen molar-refractivity contribution in [2.75, 3.05) is 20.1 Å². The molecular weight excluding hydrogens is 362 g/mol. The fraction of sp³-hybridized carbons (Fsp3) is 0.550. The number of piperazine rings is 1. The third kappa shape index (κ3) is 5.61. The molecule has 0 aromatic heterocycles. The summed E-state index contributed by atoms with van der Waals surface area (Å²) in [6.45, 7) is 7.47. The first-order valence-corrected chi connectivity index (χ1v) is 9.31. The Morgan fingerprint density at radius 2 is 1.71 bits per heavy atom. The highest BCUT2D eigenvalue weighted by Crippen LogP contribution is 2.20. The van der Waals surface area contributed by atoms with Gasteiger partial charge in [-0.15, -0.1) is 0 Å². The van der Waals surface area contributed by atoms with Gasteiger partial charge in [-0.3, -0.25) is 9.69 Å². The molecule has 1 saturated heterocycles. The van der Waals surface area contributed by atoms with E-state index in [-0.39, 0.29) is 31.6 Å². The SMILES string of the molecule is CNC(=O)[C@H]1CN(C(=O)OC(C)(C)C)[C@H](C)CN1C(=O)OCc1ccccc1. The van der Waals surface area contributed by atoms with Crippen LogP contribution >= 0.6 is 0 Å². The number of rotatable bonds is 3. The number of hydrogen-bond donors (Lipinski definition) is 1. The number of carbonyl (C=O) groups excluding carboxylic acids is 3. The fourth-order valence-electron chi connectivity index (χ4n) is 2.95. The molecular formula is C20H29N3O5. The highest BCUT2D eigenvalue weighted by molar-refractivity contribution is 5.86. The summed E-state index contributed by atoms with van der Waals surface area (Å²) < 4.78 is 10.8. The third-order valence-corrected chi connectivity index (χ3v) is 4.36. The monoisotopic (exact) mass is 391 g/mol. The number of nitrogens with zero attached hydrogens (tertiary/aromatic N) is 2. The molecule has 0 radical (unpaired) electrons. The van der Waals surface area contributed by atoms with Gasteiger partial charge in [0, 0.05) is 13.6 Å². The maximum atomic E-state index is 12.6. The van der Waals surface area contributed by atoms with Gasteiger partial charge in [-0.2, -0.15) is 0 Å². The first-order chi connectivity index (χ1) is 13.1. The maximum absolute atomic E-state index is 12.6. The number of nitrogens with one attached hydrogen (secondary N) is 1. The third-order valence-electron chi connectivity index (χ3n) is 4.36. The Balaban J connectivity index is 2.10. The molecule has 0 saturated carbocycles. The van der Waals surface area contributed by atoms with E-state index in [1.165, 1.54) is 16.8 Å². The summed E-state index contributed by atoms with van der Waals surface area (Å²) in [5, 5.41) is 2.55. The predicted molar refractivity (Wildman–Crippen MR) is 104 cm³/mol. The van der Waals surface area contributed by atoms with Crippen LogP contribution in [0.2, 0.25) is 0 Å². The molecule has 1 fully saturated rings. The molecule has 1 N–H and O–H groups in total. The molecule has 2 rings (SSSR count). The van der Waals surface area contributed by atoms with Crippen molar-refractivity contribution in [1.29, 1.82) is 0 Å². The van der Waals surface area contributed by atoms with Gasteiger partial charge in [0.1, 0.15) is 18.2 Å². The Morgan fingerprint density at radius 1 is 1.07 bits per heavy atom. The van der Waals surface area contributed by atoms with Crippen LogP contribution in [-0.4, -0.2) is 65.7 Å². The molecule has 1 aliphatic heterocycles. The number of likely N-dealkylation sites (N-methyl/N-ethyl adjacent to an activating group) is 1. The van der Waals surface area contributed by atoms with E-state index in [1.807, 2.05) is 37.3 Å². The van der Waals surface area contributed by atoms with E-state index in [1.54, 1.807) is 20.8 Å². The molecule has 28 heavy (non-hydrogen) atoms. The van der Waals surface area contributed by atoms with Crippen LogP contribution < -0.4 is 5.32 Å². The molecule has 1 aromatic rings. The second-order valence-corrected chi connectivity index (χ2v) is 7.80. The lowest BCUT2D eigenvalue weighted by atomic mass is 10.1. The Bertz CT molecular complexity index is 702. The topological polar surface area (TPSA) is 88.2 Å². The van der Waals surface area contributed by atoms with E-state index in [0.717, 1.165) is 5.56 Å². The van der Waals surface area contributed by atoms with Crippen molar-refractivity contribution < 1.29 is 23.9 Å². The van der Waals surface area contributed by atoms with Crippen molar-refractivity contribution in [1.82, 2.24) is 15.1 Å². The summed E-state index contributed by atoms with van der Waals surface area (Å²) in [5.74, 6) is -0.364. The first-order valence-electron chi connectivity index (χ1n) is 9.31. The molecule has 2 atom stereocenters. The normalized spacial score (nSPS) is 19.8. The zero-order chi connectivity index (χ0) is 20.9. The van der Waals surface area contributed by atoms with E-state index in [9.17, 15) is 14.4 Å². The van der Waals surface area contributed by atoms with Crippen LogP contribution in [0.5, 0.6) is 0 Å². The molecule has 1 aromatic carbocycles. The highest BCUT2D eigenvalue weighted by Gasteiger charge is 2.42. The average Bonchev–Trinajstić information content (AvgIpc) is 2.64. The first kappa shape index (κ1) is 21.5. The molecule has 8 nitrogen and oxygen atoms in total. The second kappa shape index (κ2) is 8.95. The Morgan fingerprint density at radius 3 is 2.29 bits per heavy atom. The van der Waals surface area contributed by atoms with Gasteiger partial charge in [0.25, 0.3) is 0 Å². The second-order valence-electron chi connectivity index (χ2n) is 7.80. The number of hydrogen-bond acceptors (Lipinski definition) is 5. The van der Waals surface area contributed by atoms with Crippen LogP contribution in [0.25, 0.3) is 0 Å². The van der Waals surface area contributed by atoms with Gasteiger partial charge in [-0.25, -0.2) is 9.59 Å². The molecule has 1 aliphatic rings. The van der Waals surface area contributed by atoms with Gasteiger partial charge in [0.15, 0.2) is 0 Å². The lowest BCUT2D eigenvalue weighted by molar-refractivity contribution is -0.128. The van der Waals surface area contributed by atoms with E-state index in [4.69, 9.17) is 9.47 Å². The average molecular weight is 391 g/mol. The minimum absolute atomic E-state index is 0.0379. The zero-order valence-corrected chi connectivity index (χ0v) is 17.1. The van der Waals surface area contributed by atoms with Gasteiger partial charge in [0.05, 0.1) is 12.6 Å². The van der Waals surface area contributed by atoms with Crippen LogP contribution in [0.4, 0.5) is 9.59 Å². The van der Waals surface area contributed by atoms with Gasteiger partial charge < -0.3 is 19.7 Å². The molecule has 1 heterocycles. The summed E-state index contributed by atoms with van der Waals surface area (Å²) in [4.78, 5) is 40.4. The number of benzene rings is 1. The van der Waals surface area contributed by atoms with E-state index in [2.05, 4.69) is 5.32 Å².